The van der Waals surface area contributed by atoms with Crippen molar-refractivity contribution in [2.45, 2.75) is 75.4 Å². The van der Waals surface area contributed by atoms with E-state index < -0.39 is 22.2 Å². The van der Waals surface area contributed by atoms with E-state index >= 15 is 0 Å². The standard InChI is InChI=1S/C28H35N3O6S/c1-3-18(2)26(32)30-24(15-19-10-12-23(13-11-19)38(35,36)37)28(34)31-14-6-9-25(31)27(33)29-22-16-20-7-4-5-8-21(20)17-22/h4-5,7-8,10-13,18,22,24-25H,3,6,9,14-17H2,1-2H3,(H,29,33)(H,30,32)(H,35,36,37)/p-1/t18-,24+,25+/m1/s1. The van der Waals surface area contributed by atoms with Crippen LogP contribution in [-0.2, 0) is 43.8 Å². The van der Waals surface area contributed by atoms with E-state index in [0.717, 1.165) is 12.8 Å². The largest absolute Gasteiger partial charge is 0.744 e. The maximum absolute atomic E-state index is 13.7. The van der Waals surface area contributed by atoms with Crippen LogP contribution in [0.25, 0.3) is 0 Å². The number of nitrogens with zero attached hydrogens (tertiary/aromatic N) is 1. The summed E-state index contributed by atoms with van der Waals surface area (Å²) in [5.41, 5.74) is 3.03. The van der Waals surface area contributed by atoms with Gasteiger partial charge in [-0.05, 0) is 60.9 Å². The minimum atomic E-state index is -4.59. The Kier molecular flexibility index (Phi) is 8.52. The van der Waals surface area contributed by atoms with E-state index in [1.54, 1.807) is 11.8 Å². The van der Waals surface area contributed by atoms with Crippen molar-refractivity contribution >= 4 is 27.8 Å². The van der Waals surface area contributed by atoms with Gasteiger partial charge in [0.2, 0.25) is 17.7 Å². The number of carbonyl (C=O) groups is 3. The highest BCUT2D eigenvalue weighted by Crippen LogP contribution is 2.24. The first-order chi connectivity index (χ1) is 18.1. The summed E-state index contributed by atoms with van der Waals surface area (Å²) in [5, 5.41) is 5.96. The molecule has 4 rings (SSSR count). The lowest BCUT2D eigenvalue weighted by molar-refractivity contribution is -0.142. The number of likely N-dealkylation sites (tertiary alicyclic amines) is 1. The second kappa shape index (κ2) is 11.7. The third-order valence-corrected chi connectivity index (χ3v) is 8.41. The first-order valence-electron chi connectivity index (χ1n) is 13.1. The Morgan fingerprint density at radius 3 is 2.26 bits per heavy atom. The van der Waals surface area contributed by atoms with E-state index in [4.69, 9.17) is 0 Å². The fourth-order valence-corrected chi connectivity index (χ4v) is 5.66. The third kappa shape index (κ3) is 6.42. The zero-order chi connectivity index (χ0) is 27.4. The average molecular weight is 541 g/mol. The number of hydrogen-bond donors (Lipinski definition) is 2. The summed E-state index contributed by atoms with van der Waals surface area (Å²) in [6, 6.07) is 11.9. The number of fused-ring (bicyclic) bond motifs is 1. The van der Waals surface area contributed by atoms with Gasteiger partial charge in [-0.2, -0.15) is 0 Å². The van der Waals surface area contributed by atoms with Gasteiger partial charge >= 0.3 is 0 Å². The molecule has 0 aromatic heterocycles. The molecule has 2 N–H and O–H groups in total. The van der Waals surface area contributed by atoms with Gasteiger partial charge in [0.15, 0.2) is 0 Å². The van der Waals surface area contributed by atoms with Gasteiger partial charge in [0.1, 0.15) is 22.2 Å². The van der Waals surface area contributed by atoms with Crippen LogP contribution in [0.4, 0.5) is 0 Å². The monoisotopic (exact) mass is 540 g/mol. The van der Waals surface area contributed by atoms with Crippen molar-refractivity contribution in [3.8, 4) is 0 Å². The molecule has 1 fully saturated rings. The van der Waals surface area contributed by atoms with E-state index in [-0.39, 0.29) is 41.0 Å². The number of rotatable bonds is 9. The van der Waals surface area contributed by atoms with Gasteiger partial charge in [0.25, 0.3) is 0 Å². The van der Waals surface area contributed by atoms with Crippen molar-refractivity contribution in [1.29, 1.82) is 0 Å². The number of amides is 3. The van der Waals surface area contributed by atoms with Crippen LogP contribution in [0.1, 0.15) is 49.8 Å². The lowest BCUT2D eigenvalue weighted by Gasteiger charge is -2.30. The molecule has 1 heterocycles. The molecule has 38 heavy (non-hydrogen) atoms. The molecule has 10 heteroatoms. The fourth-order valence-electron chi connectivity index (χ4n) is 5.19. The first-order valence-corrected chi connectivity index (χ1v) is 14.5. The zero-order valence-electron chi connectivity index (χ0n) is 21.7. The van der Waals surface area contributed by atoms with E-state index in [1.807, 2.05) is 19.1 Å². The van der Waals surface area contributed by atoms with E-state index in [9.17, 15) is 27.4 Å². The molecule has 0 bridgehead atoms. The van der Waals surface area contributed by atoms with Crippen molar-refractivity contribution in [2.24, 2.45) is 5.92 Å². The summed E-state index contributed by atoms with van der Waals surface area (Å²) in [5.74, 6) is -1.12. The molecule has 2 aliphatic rings. The Morgan fingerprint density at radius 1 is 1.05 bits per heavy atom. The Hall–Kier alpha value is -3.24. The fraction of sp³-hybridized carbons (Fsp3) is 0.464. The molecule has 9 nitrogen and oxygen atoms in total. The molecule has 1 aliphatic heterocycles. The molecule has 1 aliphatic carbocycles. The maximum atomic E-state index is 13.7. The molecule has 1 saturated heterocycles. The van der Waals surface area contributed by atoms with Crippen molar-refractivity contribution in [2.75, 3.05) is 6.54 Å². The van der Waals surface area contributed by atoms with Gasteiger partial charge in [-0.1, -0.05) is 50.2 Å². The van der Waals surface area contributed by atoms with Crippen molar-refractivity contribution in [3.63, 3.8) is 0 Å². The zero-order valence-corrected chi connectivity index (χ0v) is 22.5. The van der Waals surface area contributed by atoms with E-state index in [2.05, 4.69) is 22.8 Å². The molecular weight excluding hydrogens is 506 g/mol. The highest BCUT2D eigenvalue weighted by atomic mass is 32.2. The number of carbonyl (C=O) groups excluding carboxylic acids is 3. The topological polar surface area (TPSA) is 136 Å². The lowest BCUT2D eigenvalue weighted by Crippen LogP contribution is -2.55. The molecule has 0 saturated carbocycles. The Bertz CT molecular complexity index is 1270. The van der Waals surface area contributed by atoms with E-state index in [0.29, 0.717) is 31.4 Å². The van der Waals surface area contributed by atoms with Crippen LogP contribution in [0.3, 0.4) is 0 Å². The quantitative estimate of drug-likeness (QED) is 0.467. The predicted octanol–water partition coefficient (Wildman–Crippen LogP) is 1.94. The molecule has 3 atom stereocenters. The van der Waals surface area contributed by atoms with Gasteiger partial charge < -0.3 is 20.1 Å². The molecule has 3 amide bonds. The maximum Gasteiger partial charge on any atom is 0.246 e. The lowest BCUT2D eigenvalue weighted by atomic mass is 10.0. The van der Waals surface area contributed by atoms with Crippen LogP contribution in [0, 0.1) is 5.92 Å². The second-order valence-electron chi connectivity index (χ2n) is 10.2. The first kappa shape index (κ1) is 27.8. The second-order valence-corrected chi connectivity index (χ2v) is 11.6. The summed E-state index contributed by atoms with van der Waals surface area (Å²) in [6.07, 6.45) is 3.43. The summed E-state index contributed by atoms with van der Waals surface area (Å²) >= 11 is 0. The Labute approximate surface area is 223 Å². The van der Waals surface area contributed by atoms with Crippen molar-refractivity contribution in [3.05, 3.63) is 65.2 Å². The van der Waals surface area contributed by atoms with Crippen LogP contribution >= 0.6 is 0 Å². The van der Waals surface area contributed by atoms with Crippen molar-refractivity contribution in [1.82, 2.24) is 15.5 Å². The molecule has 2 aromatic rings. The van der Waals surface area contributed by atoms with Crippen LogP contribution in [-0.4, -0.2) is 60.3 Å². The molecule has 2 aromatic carbocycles. The number of benzene rings is 2. The molecule has 204 valence electrons. The number of nitrogens with one attached hydrogen (secondary N) is 2. The smallest absolute Gasteiger partial charge is 0.246 e. The SMILES string of the molecule is CC[C@@H](C)C(=O)N[C@@H](Cc1ccc(S(=O)(=O)[O-])cc1)C(=O)N1CCC[C@H]1C(=O)NC1Cc2ccccc2C1. The van der Waals surface area contributed by atoms with Crippen LogP contribution < -0.4 is 10.6 Å². The molecular formula is C28H34N3O6S-. The minimum absolute atomic E-state index is 0.0193. The predicted molar refractivity (Wildman–Crippen MR) is 140 cm³/mol. The summed E-state index contributed by atoms with van der Waals surface area (Å²) in [7, 11) is -4.59. The molecule has 0 unspecified atom stereocenters. The normalized spacial score (nSPS) is 19.0. The van der Waals surface area contributed by atoms with Crippen LogP contribution in [0.5, 0.6) is 0 Å². The number of hydrogen-bond acceptors (Lipinski definition) is 6. The van der Waals surface area contributed by atoms with Gasteiger partial charge in [-0.3, -0.25) is 14.4 Å². The van der Waals surface area contributed by atoms with Crippen molar-refractivity contribution < 1.29 is 27.4 Å². The highest BCUT2D eigenvalue weighted by Gasteiger charge is 2.39. The minimum Gasteiger partial charge on any atom is -0.744 e. The van der Waals surface area contributed by atoms with E-state index in [1.165, 1.54) is 35.4 Å². The van der Waals surface area contributed by atoms with Crippen LogP contribution in [0.15, 0.2) is 53.4 Å². The van der Waals surface area contributed by atoms with Crippen LogP contribution in [0.2, 0.25) is 0 Å². The average Bonchev–Trinajstić information content (AvgIpc) is 3.54. The summed E-state index contributed by atoms with van der Waals surface area (Å²) < 4.78 is 33.8. The van der Waals surface area contributed by atoms with Gasteiger partial charge in [-0.15, -0.1) is 0 Å². The molecule has 0 spiro atoms. The molecule has 0 radical (unpaired) electrons. The third-order valence-electron chi connectivity index (χ3n) is 7.56. The van der Waals surface area contributed by atoms with Gasteiger partial charge in [0, 0.05) is 24.9 Å². The van der Waals surface area contributed by atoms with Gasteiger partial charge in [0.05, 0.1) is 4.90 Å². The summed E-state index contributed by atoms with van der Waals surface area (Å²) in [6.45, 7) is 4.06. The Balaban J connectivity index is 1.48. The summed E-state index contributed by atoms with van der Waals surface area (Å²) in [4.78, 5) is 41.0. The Morgan fingerprint density at radius 2 is 1.68 bits per heavy atom. The highest BCUT2D eigenvalue weighted by molar-refractivity contribution is 7.85. The van der Waals surface area contributed by atoms with Gasteiger partial charge in [-0.25, -0.2) is 8.42 Å².